The number of hydrogen-bond donors (Lipinski definition) is 1. The second kappa shape index (κ2) is 5.30. The summed E-state index contributed by atoms with van der Waals surface area (Å²) in [5.74, 6) is 0. The van der Waals surface area contributed by atoms with Crippen LogP contribution in [0.4, 0.5) is 0 Å². The van der Waals surface area contributed by atoms with Crippen LogP contribution in [0.3, 0.4) is 0 Å². The van der Waals surface area contributed by atoms with E-state index < -0.39 is 0 Å². The standard InChI is InChI=1S/C14H15ClN2/c1-10-6-7-17-9-13(10)14(16-2)11-4-3-5-12(15)8-11/h3-9,14,16H,1-2H3. The van der Waals surface area contributed by atoms with E-state index in [1.165, 1.54) is 11.1 Å². The van der Waals surface area contributed by atoms with Crippen LogP contribution in [-0.2, 0) is 0 Å². The second-order valence-electron chi connectivity index (χ2n) is 4.01. The largest absolute Gasteiger partial charge is 0.309 e. The van der Waals surface area contributed by atoms with E-state index in [1.807, 2.05) is 43.7 Å². The van der Waals surface area contributed by atoms with Crippen LogP contribution in [0.5, 0.6) is 0 Å². The van der Waals surface area contributed by atoms with E-state index in [2.05, 4.69) is 23.3 Å². The fourth-order valence-electron chi connectivity index (χ4n) is 1.97. The van der Waals surface area contributed by atoms with Gasteiger partial charge in [0.1, 0.15) is 0 Å². The lowest BCUT2D eigenvalue weighted by molar-refractivity contribution is 0.684. The topological polar surface area (TPSA) is 24.9 Å². The van der Waals surface area contributed by atoms with Crippen LogP contribution in [0.2, 0.25) is 5.02 Å². The molecule has 0 aliphatic rings. The third-order valence-electron chi connectivity index (χ3n) is 2.86. The minimum atomic E-state index is 0.127. The van der Waals surface area contributed by atoms with E-state index in [-0.39, 0.29) is 6.04 Å². The summed E-state index contributed by atoms with van der Waals surface area (Å²) in [6.07, 6.45) is 3.71. The number of hydrogen-bond acceptors (Lipinski definition) is 2. The van der Waals surface area contributed by atoms with Crippen molar-refractivity contribution in [2.45, 2.75) is 13.0 Å². The maximum atomic E-state index is 6.03. The van der Waals surface area contributed by atoms with Gasteiger partial charge in [-0.2, -0.15) is 0 Å². The number of halogens is 1. The summed E-state index contributed by atoms with van der Waals surface area (Å²) in [5.41, 5.74) is 3.55. The molecule has 1 aromatic carbocycles. The molecule has 88 valence electrons. The summed E-state index contributed by atoms with van der Waals surface area (Å²) in [6, 6.07) is 10.0. The van der Waals surface area contributed by atoms with Crippen molar-refractivity contribution in [1.82, 2.24) is 10.3 Å². The average molecular weight is 247 g/mol. The van der Waals surface area contributed by atoms with Gasteiger partial charge in [-0.1, -0.05) is 23.7 Å². The maximum Gasteiger partial charge on any atom is 0.0592 e. The summed E-state index contributed by atoms with van der Waals surface area (Å²) in [6.45, 7) is 2.09. The predicted octanol–water partition coefficient (Wildman–Crippen LogP) is 3.35. The molecule has 3 heteroatoms. The summed E-state index contributed by atoms with van der Waals surface area (Å²) in [4.78, 5) is 4.19. The Balaban J connectivity index is 2.44. The molecule has 1 heterocycles. The maximum absolute atomic E-state index is 6.03. The molecule has 0 saturated heterocycles. The van der Waals surface area contributed by atoms with Gasteiger partial charge in [0.25, 0.3) is 0 Å². The van der Waals surface area contributed by atoms with Crippen molar-refractivity contribution >= 4 is 11.6 Å². The zero-order valence-corrected chi connectivity index (χ0v) is 10.7. The Bertz CT molecular complexity index is 511. The predicted molar refractivity (Wildman–Crippen MR) is 71.3 cm³/mol. The highest BCUT2D eigenvalue weighted by Gasteiger charge is 2.14. The van der Waals surface area contributed by atoms with Gasteiger partial charge in [-0.25, -0.2) is 0 Å². The molecule has 0 saturated carbocycles. The SMILES string of the molecule is CNC(c1cccc(Cl)c1)c1cnccc1C. The highest BCUT2D eigenvalue weighted by atomic mass is 35.5. The van der Waals surface area contributed by atoms with Crippen molar-refractivity contribution in [1.29, 1.82) is 0 Å². The molecule has 0 fully saturated rings. The summed E-state index contributed by atoms with van der Waals surface area (Å²) in [5, 5.41) is 4.06. The zero-order chi connectivity index (χ0) is 12.3. The Labute approximate surface area is 107 Å². The Morgan fingerprint density at radius 2 is 2.12 bits per heavy atom. The number of rotatable bonds is 3. The molecule has 2 nitrogen and oxygen atoms in total. The molecule has 2 rings (SSSR count). The fraction of sp³-hybridized carbons (Fsp3) is 0.214. The monoisotopic (exact) mass is 246 g/mol. The number of benzene rings is 1. The van der Waals surface area contributed by atoms with Crippen LogP contribution >= 0.6 is 11.6 Å². The van der Waals surface area contributed by atoms with E-state index in [9.17, 15) is 0 Å². The first kappa shape index (κ1) is 12.1. The normalized spacial score (nSPS) is 12.4. The molecule has 1 N–H and O–H groups in total. The van der Waals surface area contributed by atoms with Crippen molar-refractivity contribution in [3.8, 4) is 0 Å². The third kappa shape index (κ3) is 2.65. The van der Waals surface area contributed by atoms with Gasteiger partial charge in [-0.3, -0.25) is 4.98 Å². The van der Waals surface area contributed by atoms with E-state index in [1.54, 1.807) is 0 Å². The van der Waals surface area contributed by atoms with E-state index in [0.717, 1.165) is 10.6 Å². The number of nitrogens with one attached hydrogen (secondary N) is 1. The molecule has 1 aromatic heterocycles. The van der Waals surface area contributed by atoms with Crippen LogP contribution in [0.1, 0.15) is 22.7 Å². The molecule has 17 heavy (non-hydrogen) atoms. The van der Waals surface area contributed by atoms with Crippen LogP contribution in [-0.4, -0.2) is 12.0 Å². The van der Waals surface area contributed by atoms with Crippen LogP contribution in [0.15, 0.2) is 42.7 Å². The van der Waals surface area contributed by atoms with Crippen molar-refractivity contribution < 1.29 is 0 Å². The average Bonchev–Trinajstić information content (AvgIpc) is 2.33. The minimum absolute atomic E-state index is 0.127. The van der Waals surface area contributed by atoms with Crippen LogP contribution < -0.4 is 5.32 Å². The second-order valence-corrected chi connectivity index (χ2v) is 4.45. The first-order valence-corrected chi connectivity index (χ1v) is 5.93. The van der Waals surface area contributed by atoms with Crippen LogP contribution in [0.25, 0.3) is 0 Å². The van der Waals surface area contributed by atoms with E-state index >= 15 is 0 Å². The molecule has 1 atom stereocenters. The van der Waals surface area contributed by atoms with Crippen molar-refractivity contribution in [2.24, 2.45) is 0 Å². The smallest absolute Gasteiger partial charge is 0.0592 e. The summed E-state index contributed by atoms with van der Waals surface area (Å²) < 4.78 is 0. The Morgan fingerprint density at radius 1 is 1.29 bits per heavy atom. The van der Waals surface area contributed by atoms with Crippen molar-refractivity contribution in [3.05, 3.63) is 64.4 Å². The van der Waals surface area contributed by atoms with Gasteiger partial charge in [-0.15, -0.1) is 0 Å². The zero-order valence-electron chi connectivity index (χ0n) is 9.94. The molecule has 0 spiro atoms. The highest BCUT2D eigenvalue weighted by molar-refractivity contribution is 6.30. The third-order valence-corrected chi connectivity index (χ3v) is 3.10. The Kier molecular flexibility index (Phi) is 3.77. The minimum Gasteiger partial charge on any atom is -0.309 e. The number of aryl methyl sites for hydroxylation is 1. The molecular formula is C14H15ClN2. The van der Waals surface area contributed by atoms with Gasteiger partial charge in [0.15, 0.2) is 0 Å². The molecule has 1 unspecified atom stereocenters. The number of aromatic nitrogens is 1. The first-order chi connectivity index (χ1) is 8.22. The van der Waals surface area contributed by atoms with E-state index in [4.69, 9.17) is 11.6 Å². The first-order valence-electron chi connectivity index (χ1n) is 5.55. The van der Waals surface area contributed by atoms with Gasteiger partial charge in [0.05, 0.1) is 6.04 Å². The lowest BCUT2D eigenvalue weighted by Gasteiger charge is -2.19. The van der Waals surface area contributed by atoms with Crippen LogP contribution in [0, 0.1) is 6.92 Å². The number of pyridine rings is 1. The lowest BCUT2D eigenvalue weighted by atomic mass is 9.97. The van der Waals surface area contributed by atoms with Gasteiger partial charge in [0, 0.05) is 17.4 Å². The molecule has 0 amide bonds. The van der Waals surface area contributed by atoms with Gasteiger partial charge < -0.3 is 5.32 Å². The summed E-state index contributed by atoms with van der Waals surface area (Å²) in [7, 11) is 1.94. The molecule has 2 aromatic rings. The molecule has 0 aliphatic carbocycles. The van der Waals surface area contributed by atoms with Gasteiger partial charge in [0.2, 0.25) is 0 Å². The Morgan fingerprint density at radius 3 is 2.76 bits per heavy atom. The summed E-state index contributed by atoms with van der Waals surface area (Å²) >= 11 is 6.03. The van der Waals surface area contributed by atoms with Crippen molar-refractivity contribution in [3.63, 3.8) is 0 Å². The quantitative estimate of drug-likeness (QED) is 0.899. The molecular weight excluding hydrogens is 232 g/mol. The lowest BCUT2D eigenvalue weighted by Crippen LogP contribution is -2.18. The number of nitrogens with zero attached hydrogens (tertiary/aromatic N) is 1. The van der Waals surface area contributed by atoms with E-state index in [0.29, 0.717) is 0 Å². The molecule has 0 aliphatic heterocycles. The van der Waals surface area contributed by atoms with Gasteiger partial charge >= 0.3 is 0 Å². The Hall–Kier alpha value is -1.38. The molecule has 0 bridgehead atoms. The molecule has 0 radical (unpaired) electrons. The highest BCUT2D eigenvalue weighted by Crippen LogP contribution is 2.25. The van der Waals surface area contributed by atoms with Crippen molar-refractivity contribution in [2.75, 3.05) is 7.05 Å². The fourth-order valence-corrected chi connectivity index (χ4v) is 2.17. The van der Waals surface area contributed by atoms with Gasteiger partial charge in [-0.05, 0) is 48.9 Å².